The molecule has 1 aliphatic heterocycles. The van der Waals surface area contributed by atoms with Crippen molar-refractivity contribution >= 4 is 15.1 Å². The van der Waals surface area contributed by atoms with E-state index >= 15 is 0 Å². The van der Waals surface area contributed by atoms with Gasteiger partial charge in [0.2, 0.25) is 5.91 Å². The van der Waals surface area contributed by atoms with Crippen molar-refractivity contribution in [2.24, 2.45) is 5.92 Å². The van der Waals surface area contributed by atoms with E-state index in [0.29, 0.717) is 5.78 Å². The van der Waals surface area contributed by atoms with E-state index in [2.05, 4.69) is 21.5 Å². The molecule has 3 unspecified atom stereocenters. The van der Waals surface area contributed by atoms with Gasteiger partial charge >= 0.3 is 0 Å². The fourth-order valence-corrected chi connectivity index (χ4v) is 2.28. The molecule has 1 amide bonds. The summed E-state index contributed by atoms with van der Waals surface area (Å²) in [6.07, 6.45) is 6.80. The van der Waals surface area contributed by atoms with E-state index in [1.807, 2.05) is 0 Å². The molecule has 0 spiro atoms. The second-order valence-electron chi connectivity index (χ2n) is 3.89. The highest BCUT2D eigenvalue weighted by Gasteiger charge is 2.20. The molecule has 0 radical (unpaired) electrons. The molecular formula is C10H20NOP. The first-order chi connectivity index (χ1) is 6.24. The van der Waals surface area contributed by atoms with Gasteiger partial charge < -0.3 is 5.32 Å². The van der Waals surface area contributed by atoms with Crippen LogP contribution in [0.5, 0.6) is 0 Å². The minimum Gasteiger partial charge on any atom is -0.350 e. The second-order valence-corrected chi connectivity index (χ2v) is 4.69. The molecule has 2 nitrogen and oxygen atoms in total. The fraction of sp³-hybridized carbons (Fsp3) is 0.900. The van der Waals surface area contributed by atoms with Crippen molar-refractivity contribution in [3.05, 3.63) is 0 Å². The third-order valence-corrected chi connectivity index (χ3v) is 3.15. The third-order valence-electron chi connectivity index (χ3n) is 2.65. The summed E-state index contributed by atoms with van der Waals surface area (Å²) in [6, 6.07) is 0. The van der Waals surface area contributed by atoms with Crippen molar-refractivity contribution in [1.82, 2.24) is 5.32 Å². The highest BCUT2D eigenvalue weighted by molar-refractivity contribution is 7.17. The van der Waals surface area contributed by atoms with Crippen LogP contribution in [0.3, 0.4) is 0 Å². The van der Waals surface area contributed by atoms with E-state index in [4.69, 9.17) is 0 Å². The summed E-state index contributed by atoms with van der Waals surface area (Å²) in [4.78, 5) is 11.6. The van der Waals surface area contributed by atoms with Crippen molar-refractivity contribution in [3.8, 4) is 0 Å². The van der Waals surface area contributed by atoms with Gasteiger partial charge in [0.15, 0.2) is 0 Å². The molecule has 3 heteroatoms. The average molecular weight is 201 g/mol. The van der Waals surface area contributed by atoms with Crippen LogP contribution >= 0.6 is 9.24 Å². The van der Waals surface area contributed by atoms with Crippen LogP contribution in [-0.2, 0) is 4.79 Å². The van der Waals surface area contributed by atoms with Crippen molar-refractivity contribution in [2.45, 2.75) is 51.2 Å². The van der Waals surface area contributed by atoms with Gasteiger partial charge in [-0.05, 0) is 19.3 Å². The van der Waals surface area contributed by atoms with Crippen LogP contribution in [0, 0.1) is 5.92 Å². The van der Waals surface area contributed by atoms with Gasteiger partial charge in [-0.2, -0.15) is 0 Å². The molecule has 0 aromatic rings. The topological polar surface area (TPSA) is 29.1 Å². The number of amides is 1. The highest BCUT2D eigenvalue weighted by Crippen LogP contribution is 2.21. The van der Waals surface area contributed by atoms with Crippen molar-refractivity contribution in [2.75, 3.05) is 0 Å². The molecule has 13 heavy (non-hydrogen) atoms. The van der Waals surface area contributed by atoms with Gasteiger partial charge in [-0.1, -0.05) is 26.2 Å². The van der Waals surface area contributed by atoms with E-state index in [1.54, 1.807) is 0 Å². The van der Waals surface area contributed by atoms with Crippen LogP contribution in [0.1, 0.15) is 45.4 Å². The Morgan fingerprint density at radius 3 is 2.85 bits per heavy atom. The van der Waals surface area contributed by atoms with Crippen LogP contribution in [0.2, 0.25) is 0 Å². The summed E-state index contributed by atoms with van der Waals surface area (Å²) >= 11 is 0. The summed E-state index contributed by atoms with van der Waals surface area (Å²) in [5.74, 6) is 0.835. The lowest BCUT2D eigenvalue weighted by Gasteiger charge is -2.23. The lowest BCUT2D eigenvalue weighted by molar-refractivity contribution is -0.126. The van der Waals surface area contributed by atoms with E-state index in [-0.39, 0.29) is 11.8 Å². The SMILES string of the molecule is CCCC1CCCCC(P)NC1=O. The molecule has 0 aliphatic carbocycles. The molecule has 1 N–H and O–H groups in total. The van der Waals surface area contributed by atoms with Crippen LogP contribution in [0.25, 0.3) is 0 Å². The summed E-state index contributed by atoms with van der Waals surface area (Å²) < 4.78 is 0. The minimum atomic E-state index is 0.265. The third kappa shape index (κ3) is 3.64. The van der Waals surface area contributed by atoms with Crippen LogP contribution < -0.4 is 5.32 Å². The predicted molar refractivity (Wildman–Crippen MR) is 58.5 cm³/mol. The lowest BCUT2D eigenvalue weighted by Crippen LogP contribution is -2.37. The Bertz CT molecular complexity index is 172. The summed E-state index contributed by atoms with van der Waals surface area (Å²) in [5.41, 5.74) is 0. The molecule has 3 atom stereocenters. The van der Waals surface area contributed by atoms with Gasteiger partial charge in [-0.3, -0.25) is 4.79 Å². The summed E-state index contributed by atoms with van der Waals surface area (Å²) in [7, 11) is 2.71. The molecule has 1 heterocycles. The maximum Gasteiger partial charge on any atom is 0.223 e. The number of hydrogen-bond donors (Lipinski definition) is 1. The molecule has 1 aliphatic rings. The van der Waals surface area contributed by atoms with Crippen molar-refractivity contribution in [1.29, 1.82) is 0 Å². The van der Waals surface area contributed by atoms with E-state index in [1.165, 1.54) is 12.8 Å². The normalized spacial score (nSPS) is 30.5. The zero-order valence-electron chi connectivity index (χ0n) is 8.38. The Hall–Kier alpha value is -0.100. The van der Waals surface area contributed by atoms with E-state index in [0.717, 1.165) is 25.7 Å². The number of rotatable bonds is 2. The van der Waals surface area contributed by atoms with Gasteiger partial charge in [-0.25, -0.2) is 0 Å². The second kappa shape index (κ2) is 5.59. The monoisotopic (exact) mass is 201 g/mol. The molecule has 0 saturated carbocycles. The van der Waals surface area contributed by atoms with Crippen molar-refractivity contribution < 1.29 is 4.79 Å². The Balaban J connectivity index is 2.46. The quantitative estimate of drug-likeness (QED) is 0.682. The first-order valence-corrected chi connectivity index (χ1v) is 5.96. The first kappa shape index (κ1) is 11.0. The summed E-state index contributed by atoms with van der Waals surface area (Å²) in [5, 5.41) is 3.04. The standard InChI is InChI=1S/C10H20NOP/c1-2-5-8-6-3-4-7-9(13)11-10(8)12/h8-9H,2-7,13H2,1H3,(H,11,12). The zero-order valence-corrected chi connectivity index (χ0v) is 9.54. The van der Waals surface area contributed by atoms with Crippen LogP contribution in [0.4, 0.5) is 0 Å². The number of hydrogen-bond acceptors (Lipinski definition) is 1. The summed E-state index contributed by atoms with van der Waals surface area (Å²) in [6.45, 7) is 2.14. The maximum absolute atomic E-state index is 11.6. The van der Waals surface area contributed by atoms with Gasteiger partial charge in [0.05, 0.1) is 0 Å². The molecule has 0 aromatic carbocycles. The van der Waals surface area contributed by atoms with Gasteiger partial charge in [-0.15, -0.1) is 9.24 Å². The van der Waals surface area contributed by atoms with Gasteiger partial charge in [0, 0.05) is 11.7 Å². The van der Waals surface area contributed by atoms with Crippen LogP contribution in [-0.4, -0.2) is 11.7 Å². The fourth-order valence-electron chi connectivity index (χ4n) is 1.88. The zero-order chi connectivity index (χ0) is 9.68. The Morgan fingerprint density at radius 2 is 2.15 bits per heavy atom. The molecular weight excluding hydrogens is 181 g/mol. The van der Waals surface area contributed by atoms with E-state index < -0.39 is 0 Å². The number of carbonyl (C=O) groups excluding carboxylic acids is 1. The number of nitrogens with one attached hydrogen (secondary N) is 1. The molecule has 1 fully saturated rings. The highest BCUT2D eigenvalue weighted by atomic mass is 31.0. The first-order valence-electron chi connectivity index (χ1n) is 5.30. The molecule has 1 rings (SSSR count). The smallest absolute Gasteiger partial charge is 0.223 e. The molecule has 0 aromatic heterocycles. The van der Waals surface area contributed by atoms with E-state index in [9.17, 15) is 4.79 Å². The molecule has 1 saturated heterocycles. The van der Waals surface area contributed by atoms with Crippen molar-refractivity contribution in [3.63, 3.8) is 0 Å². The Morgan fingerprint density at radius 1 is 1.46 bits per heavy atom. The largest absolute Gasteiger partial charge is 0.350 e. The lowest BCUT2D eigenvalue weighted by atomic mass is 9.94. The minimum absolute atomic E-state index is 0.265. The Labute approximate surface area is 83.1 Å². The average Bonchev–Trinajstić information content (AvgIpc) is 2.08. The maximum atomic E-state index is 11.6. The number of carbonyl (C=O) groups is 1. The van der Waals surface area contributed by atoms with Gasteiger partial charge in [0.25, 0.3) is 0 Å². The molecule has 0 bridgehead atoms. The van der Waals surface area contributed by atoms with Gasteiger partial charge in [0.1, 0.15) is 0 Å². The van der Waals surface area contributed by atoms with Crippen LogP contribution in [0.15, 0.2) is 0 Å². The molecule has 76 valence electrons. The Kier molecular flexibility index (Phi) is 4.72. The predicted octanol–water partition coefficient (Wildman–Crippen LogP) is 2.29.